The molecule has 0 heterocycles. The van der Waals surface area contributed by atoms with Crippen molar-refractivity contribution in [1.82, 2.24) is 4.90 Å². The van der Waals surface area contributed by atoms with Crippen LogP contribution >= 0.6 is 0 Å². The lowest BCUT2D eigenvalue weighted by molar-refractivity contribution is 0.0564. The van der Waals surface area contributed by atoms with Crippen LogP contribution < -0.4 is 5.73 Å². The van der Waals surface area contributed by atoms with Crippen molar-refractivity contribution in [1.29, 1.82) is 0 Å². The van der Waals surface area contributed by atoms with Gasteiger partial charge in [-0.3, -0.25) is 4.90 Å². The second kappa shape index (κ2) is 7.63. The van der Waals surface area contributed by atoms with Crippen LogP contribution in [-0.4, -0.2) is 37.7 Å². The molecule has 0 radical (unpaired) electrons. The summed E-state index contributed by atoms with van der Waals surface area (Å²) in [6.07, 6.45) is 0.283. The van der Waals surface area contributed by atoms with E-state index in [1.54, 1.807) is 0 Å². The molecule has 1 aromatic rings. The summed E-state index contributed by atoms with van der Waals surface area (Å²) in [6, 6.07) is 6.91. The molecule has 3 nitrogen and oxygen atoms in total. The Kier molecular flexibility index (Phi) is 6.49. The topological polar surface area (TPSA) is 38.5 Å². The number of benzene rings is 1. The Hall–Kier alpha value is -0.900. The Balaban J connectivity index is 2.70. The molecule has 0 bridgehead atoms. The number of likely N-dealkylation sites (N-methyl/N-ethyl adjacent to an activating group) is 1. The zero-order chi connectivity index (χ0) is 14.4. The molecule has 2 N–H and O–H groups in total. The van der Waals surface area contributed by atoms with Gasteiger partial charge in [-0.05, 0) is 40.3 Å². The standard InChI is InChI=1S/C16H28N2O/c1-12(2)19-7-6-18(5)16(11-17)15-9-13(3)8-14(4)10-15/h8-10,12,16H,6-7,11,17H2,1-5H3. The highest BCUT2D eigenvalue weighted by Crippen LogP contribution is 2.20. The van der Waals surface area contributed by atoms with E-state index < -0.39 is 0 Å². The molecule has 0 saturated carbocycles. The smallest absolute Gasteiger partial charge is 0.0597 e. The van der Waals surface area contributed by atoms with Gasteiger partial charge in [0, 0.05) is 19.1 Å². The molecule has 0 saturated heterocycles. The van der Waals surface area contributed by atoms with Crippen molar-refractivity contribution in [2.24, 2.45) is 5.73 Å². The van der Waals surface area contributed by atoms with E-state index in [1.807, 2.05) is 0 Å². The third-order valence-electron chi connectivity index (χ3n) is 3.28. The first-order valence-electron chi connectivity index (χ1n) is 7.04. The number of rotatable bonds is 7. The highest BCUT2D eigenvalue weighted by atomic mass is 16.5. The molecule has 19 heavy (non-hydrogen) atoms. The predicted molar refractivity (Wildman–Crippen MR) is 81.4 cm³/mol. The summed E-state index contributed by atoms with van der Waals surface area (Å²) < 4.78 is 5.61. The minimum atomic E-state index is 0.259. The van der Waals surface area contributed by atoms with Gasteiger partial charge in [0.2, 0.25) is 0 Å². The lowest BCUT2D eigenvalue weighted by Gasteiger charge is -2.28. The number of nitrogens with two attached hydrogens (primary N) is 1. The maximum Gasteiger partial charge on any atom is 0.0597 e. The van der Waals surface area contributed by atoms with Crippen molar-refractivity contribution in [2.45, 2.75) is 39.8 Å². The van der Waals surface area contributed by atoms with Crippen molar-refractivity contribution in [3.05, 3.63) is 34.9 Å². The lowest BCUT2D eigenvalue weighted by Crippen LogP contribution is -2.33. The molecule has 1 rings (SSSR count). The third-order valence-corrected chi connectivity index (χ3v) is 3.28. The van der Waals surface area contributed by atoms with E-state index in [9.17, 15) is 0 Å². The average molecular weight is 264 g/mol. The number of hydrogen-bond acceptors (Lipinski definition) is 3. The lowest BCUT2D eigenvalue weighted by atomic mass is 10.0. The fraction of sp³-hybridized carbons (Fsp3) is 0.625. The van der Waals surface area contributed by atoms with Gasteiger partial charge in [0.15, 0.2) is 0 Å². The van der Waals surface area contributed by atoms with Crippen LogP contribution in [0.4, 0.5) is 0 Å². The number of hydrogen-bond donors (Lipinski definition) is 1. The van der Waals surface area contributed by atoms with Crippen molar-refractivity contribution in [3.8, 4) is 0 Å². The van der Waals surface area contributed by atoms with E-state index in [2.05, 4.69) is 57.8 Å². The molecule has 0 fully saturated rings. The van der Waals surface area contributed by atoms with E-state index in [0.717, 1.165) is 13.2 Å². The quantitative estimate of drug-likeness (QED) is 0.823. The zero-order valence-electron chi connectivity index (χ0n) is 12.9. The first-order chi connectivity index (χ1) is 8.93. The van der Waals surface area contributed by atoms with E-state index in [0.29, 0.717) is 6.54 Å². The minimum absolute atomic E-state index is 0.259. The highest BCUT2D eigenvalue weighted by molar-refractivity contribution is 5.30. The maximum absolute atomic E-state index is 5.95. The van der Waals surface area contributed by atoms with Crippen LogP contribution in [0.5, 0.6) is 0 Å². The van der Waals surface area contributed by atoms with Crippen molar-refractivity contribution in [3.63, 3.8) is 0 Å². The second-order valence-electron chi connectivity index (χ2n) is 5.57. The summed E-state index contributed by atoms with van der Waals surface area (Å²) in [5.41, 5.74) is 9.84. The molecule has 0 aliphatic heterocycles. The first-order valence-corrected chi connectivity index (χ1v) is 7.04. The van der Waals surface area contributed by atoms with Gasteiger partial charge >= 0.3 is 0 Å². The number of aryl methyl sites for hydroxylation is 2. The van der Waals surface area contributed by atoms with E-state index in [-0.39, 0.29) is 12.1 Å². The van der Waals surface area contributed by atoms with Crippen LogP contribution in [0.15, 0.2) is 18.2 Å². The monoisotopic (exact) mass is 264 g/mol. The normalized spacial score (nSPS) is 13.3. The molecule has 0 aliphatic rings. The van der Waals surface area contributed by atoms with Gasteiger partial charge < -0.3 is 10.5 Å². The van der Waals surface area contributed by atoms with Crippen LogP contribution in [0.25, 0.3) is 0 Å². The summed E-state index contributed by atoms with van der Waals surface area (Å²) in [7, 11) is 2.11. The maximum atomic E-state index is 5.95. The minimum Gasteiger partial charge on any atom is -0.377 e. The summed E-state index contributed by atoms with van der Waals surface area (Å²) >= 11 is 0. The SMILES string of the molecule is Cc1cc(C)cc(C(CN)N(C)CCOC(C)C)c1. The zero-order valence-corrected chi connectivity index (χ0v) is 12.9. The van der Waals surface area contributed by atoms with Gasteiger partial charge in [-0.2, -0.15) is 0 Å². The van der Waals surface area contributed by atoms with Gasteiger partial charge in [0.25, 0.3) is 0 Å². The largest absolute Gasteiger partial charge is 0.377 e. The van der Waals surface area contributed by atoms with Crippen LogP contribution in [0.1, 0.15) is 36.6 Å². The average Bonchev–Trinajstić information content (AvgIpc) is 2.27. The molecule has 3 heteroatoms. The molecular formula is C16H28N2O. The van der Waals surface area contributed by atoms with Crippen molar-refractivity contribution < 1.29 is 4.74 Å². The fourth-order valence-corrected chi connectivity index (χ4v) is 2.36. The predicted octanol–water partition coefficient (Wildman–Crippen LogP) is 2.66. The molecule has 0 amide bonds. The van der Waals surface area contributed by atoms with E-state index >= 15 is 0 Å². The molecule has 0 spiro atoms. The number of nitrogens with zero attached hydrogens (tertiary/aromatic N) is 1. The fourth-order valence-electron chi connectivity index (χ4n) is 2.36. The Morgan fingerprint density at radius 3 is 2.21 bits per heavy atom. The molecular weight excluding hydrogens is 236 g/mol. The molecule has 0 aromatic heterocycles. The molecule has 1 unspecified atom stereocenters. The van der Waals surface area contributed by atoms with Gasteiger partial charge in [0.05, 0.1) is 12.7 Å². The van der Waals surface area contributed by atoms with Gasteiger partial charge in [0.1, 0.15) is 0 Å². The Morgan fingerprint density at radius 2 is 1.74 bits per heavy atom. The molecule has 1 aromatic carbocycles. The summed E-state index contributed by atoms with van der Waals surface area (Å²) in [4.78, 5) is 2.27. The van der Waals surface area contributed by atoms with Crippen LogP contribution in [0.2, 0.25) is 0 Å². The van der Waals surface area contributed by atoms with Gasteiger partial charge in [-0.1, -0.05) is 29.3 Å². The summed E-state index contributed by atoms with van der Waals surface area (Å²) in [5.74, 6) is 0. The van der Waals surface area contributed by atoms with Crippen LogP contribution in [0.3, 0.4) is 0 Å². The van der Waals surface area contributed by atoms with Gasteiger partial charge in [-0.15, -0.1) is 0 Å². The first kappa shape index (κ1) is 16.2. The Bertz CT molecular complexity index is 370. The van der Waals surface area contributed by atoms with E-state index in [4.69, 9.17) is 10.5 Å². The molecule has 1 atom stereocenters. The molecule has 108 valence electrons. The third kappa shape index (κ3) is 5.31. The van der Waals surface area contributed by atoms with Gasteiger partial charge in [-0.25, -0.2) is 0 Å². The Labute approximate surface area is 117 Å². The van der Waals surface area contributed by atoms with E-state index in [1.165, 1.54) is 16.7 Å². The summed E-state index contributed by atoms with van der Waals surface area (Å²) in [5, 5.41) is 0. The Morgan fingerprint density at radius 1 is 1.16 bits per heavy atom. The highest BCUT2D eigenvalue weighted by Gasteiger charge is 2.15. The van der Waals surface area contributed by atoms with Crippen molar-refractivity contribution >= 4 is 0 Å². The van der Waals surface area contributed by atoms with Crippen LogP contribution in [0, 0.1) is 13.8 Å². The van der Waals surface area contributed by atoms with Crippen LogP contribution in [-0.2, 0) is 4.74 Å². The van der Waals surface area contributed by atoms with Crippen molar-refractivity contribution in [2.75, 3.05) is 26.7 Å². The summed E-state index contributed by atoms with van der Waals surface area (Å²) in [6.45, 7) is 10.6. The number of ether oxygens (including phenoxy) is 1. The second-order valence-corrected chi connectivity index (χ2v) is 5.57. The molecule has 0 aliphatic carbocycles.